The molecule has 3 aromatic carbocycles. The molecule has 212 valence electrons. The van der Waals surface area contributed by atoms with Crippen molar-refractivity contribution in [3.05, 3.63) is 95.8 Å². The van der Waals surface area contributed by atoms with Gasteiger partial charge < -0.3 is 15.0 Å². The van der Waals surface area contributed by atoms with Crippen LogP contribution in [0.2, 0.25) is 0 Å². The van der Waals surface area contributed by atoms with E-state index in [1.54, 1.807) is 12.1 Å². The Labute approximate surface area is 237 Å². The van der Waals surface area contributed by atoms with Crippen molar-refractivity contribution in [3.63, 3.8) is 0 Å². The molecule has 0 aromatic heterocycles. The number of nitrogens with zero attached hydrogens (tertiary/aromatic N) is 1. The number of likely N-dealkylation sites (tertiary alicyclic amines) is 1. The van der Waals surface area contributed by atoms with Gasteiger partial charge in [-0.3, -0.25) is 9.59 Å². The first-order valence-corrected chi connectivity index (χ1v) is 14.5. The van der Waals surface area contributed by atoms with Crippen LogP contribution in [-0.2, 0) is 14.9 Å². The number of piperidine rings is 1. The number of carbonyl (C=O) groups excluding carboxylic acids is 2. The molecule has 40 heavy (non-hydrogen) atoms. The number of carbonyl (C=O) groups is 2. The Morgan fingerprint density at radius 3 is 2.45 bits per heavy atom. The molecule has 1 N–H and O–H groups in total. The highest BCUT2D eigenvalue weighted by Gasteiger charge is 2.30. The van der Waals surface area contributed by atoms with Crippen molar-refractivity contribution >= 4 is 11.9 Å². The number of halogens is 1. The van der Waals surface area contributed by atoms with Crippen LogP contribution < -0.4 is 5.32 Å². The Morgan fingerprint density at radius 1 is 1.00 bits per heavy atom. The van der Waals surface area contributed by atoms with Gasteiger partial charge in [0.25, 0.3) is 5.91 Å². The lowest BCUT2D eigenvalue weighted by Crippen LogP contribution is -2.45. The van der Waals surface area contributed by atoms with Gasteiger partial charge in [-0.25, -0.2) is 4.39 Å². The van der Waals surface area contributed by atoms with Crippen molar-refractivity contribution in [3.8, 4) is 11.1 Å². The zero-order valence-corrected chi connectivity index (χ0v) is 23.7. The smallest absolute Gasteiger partial charge is 0.306 e. The summed E-state index contributed by atoms with van der Waals surface area (Å²) in [6.45, 7) is 7.42. The van der Waals surface area contributed by atoms with Gasteiger partial charge in [-0.2, -0.15) is 0 Å². The number of hydrogen-bond acceptors (Lipinski definition) is 4. The standard InChI is InChI=1S/C34H41FN2O3/c1-3-23-40-32(38)25-34(2,27-12-5-4-6-13-27)19-10-20-37-21-17-29(18-22-37)36-33(39)31-16-8-7-15-30(31)26-11-9-14-28(35)24-26/h4-9,11-16,24,29H,3,10,17-23,25H2,1-2H3,(H,36,39). The van der Waals surface area contributed by atoms with Crippen LogP contribution in [-0.4, -0.2) is 49.1 Å². The van der Waals surface area contributed by atoms with Gasteiger partial charge in [-0.05, 0) is 73.5 Å². The second-order valence-corrected chi connectivity index (χ2v) is 11.1. The second kappa shape index (κ2) is 14.2. The molecular weight excluding hydrogens is 503 g/mol. The van der Waals surface area contributed by atoms with Crippen molar-refractivity contribution in [2.45, 2.75) is 63.8 Å². The van der Waals surface area contributed by atoms with Gasteiger partial charge in [0.1, 0.15) is 5.82 Å². The summed E-state index contributed by atoms with van der Waals surface area (Å²) >= 11 is 0. The number of ether oxygens (including phenoxy) is 1. The Hall–Kier alpha value is -3.51. The molecule has 3 aromatic rings. The molecular formula is C34H41FN2O3. The average Bonchev–Trinajstić information content (AvgIpc) is 2.97. The third kappa shape index (κ3) is 8.01. The van der Waals surface area contributed by atoms with Crippen LogP contribution in [0.3, 0.4) is 0 Å². The highest BCUT2D eigenvalue weighted by Crippen LogP contribution is 2.33. The van der Waals surface area contributed by atoms with E-state index in [9.17, 15) is 14.0 Å². The summed E-state index contributed by atoms with van der Waals surface area (Å²) in [4.78, 5) is 28.2. The van der Waals surface area contributed by atoms with E-state index >= 15 is 0 Å². The van der Waals surface area contributed by atoms with E-state index in [1.165, 1.54) is 17.7 Å². The van der Waals surface area contributed by atoms with Crippen molar-refractivity contribution < 1.29 is 18.7 Å². The van der Waals surface area contributed by atoms with Gasteiger partial charge in [-0.15, -0.1) is 0 Å². The molecule has 6 heteroatoms. The molecule has 1 saturated heterocycles. The molecule has 1 amide bonds. The van der Waals surface area contributed by atoms with Crippen LogP contribution in [0.5, 0.6) is 0 Å². The molecule has 1 heterocycles. The quantitative estimate of drug-likeness (QED) is 0.256. The Kier molecular flexibility index (Phi) is 10.5. The average molecular weight is 545 g/mol. The number of amides is 1. The molecule has 0 radical (unpaired) electrons. The van der Waals surface area contributed by atoms with E-state index in [-0.39, 0.29) is 29.2 Å². The summed E-state index contributed by atoms with van der Waals surface area (Å²) in [7, 11) is 0. The first-order chi connectivity index (χ1) is 19.4. The molecule has 0 aliphatic carbocycles. The van der Waals surface area contributed by atoms with Gasteiger partial charge in [0.2, 0.25) is 0 Å². The summed E-state index contributed by atoms with van der Waals surface area (Å²) in [5.41, 5.74) is 2.89. The molecule has 1 fully saturated rings. The fraction of sp³-hybridized carbons (Fsp3) is 0.412. The van der Waals surface area contributed by atoms with Crippen LogP contribution in [0.15, 0.2) is 78.9 Å². The van der Waals surface area contributed by atoms with Gasteiger partial charge in [0, 0.05) is 30.1 Å². The summed E-state index contributed by atoms with van der Waals surface area (Å²) in [6, 6.07) is 24.1. The fourth-order valence-corrected chi connectivity index (χ4v) is 5.61. The van der Waals surface area contributed by atoms with Crippen LogP contribution in [0, 0.1) is 5.82 Å². The first-order valence-electron chi connectivity index (χ1n) is 14.5. The van der Waals surface area contributed by atoms with Gasteiger partial charge in [-0.1, -0.05) is 74.5 Å². The highest BCUT2D eigenvalue weighted by atomic mass is 19.1. The summed E-state index contributed by atoms with van der Waals surface area (Å²) in [5, 5.41) is 3.21. The van der Waals surface area contributed by atoms with E-state index in [0.717, 1.165) is 57.3 Å². The van der Waals surface area contributed by atoms with E-state index < -0.39 is 0 Å². The minimum absolute atomic E-state index is 0.104. The maximum Gasteiger partial charge on any atom is 0.306 e. The van der Waals surface area contributed by atoms with Gasteiger partial charge in [0.15, 0.2) is 0 Å². The van der Waals surface area contributed by atoms with Crippen molar-refractivity contribution in [1.82, 2.24) is 10.2 Å². The SMILES string of the molecule is CCCOC(=O)CC(C)(CCCN1CCC(NC(=O)c2ccccc2-c2cccc(F)c2)CC1)c1ccccc1. The molecule has 1 aliphatic heterocycles. The second-order valence-electron chi connectivity index (χ2n) is 11.1. The molecule has 4 rings (SSSR count). The number of nitrogens with one attached hydrogen (secondary N) is 1. The fourth-order valence-electron chi connectivity index (χ4n) is 5.61. The number of esters is 1. The topological polar surface area (TPSA) is 58.6 Å². The van der Waals surface area contributed by atoms with E-state index in [2.05, 4.69) is 29.3 Å². The zero-order chi connectivity index (χ0) is 28.4. The van der Waals surface area contributed by atoms with Crippen LogP contribution in [0.25, 0.3) is 11.1 Å². The molecule has 1 aliphatic rings. The molecule has 1 atom stereocenters. The Morgan fingerprint density at radius 2 is 1.73 bits per heavy atom. The van der Waals surface area contributed by atoms with Crippen molar-refractivity contribution in [1.29, 1.82) is 0 Å². The third-order valence-corrected chi connectivity index (χ3v) is 7.91. The van der Waals surface area contributed by atoms with Crippen LogP contribution in [0.1, 0.15) is 68.3 Å². The lowest BCUT2D eigenvalue weighted by atomic mass is 9.76. The maximum absolute atomic E-state index is 13.8. The van der Waals surface area contributed by atoms with Gasteiger partial charge in [0.05, 0.1) is 13.0 Å². The monoisotopic (exact) mass is 544 g/mol. The predicted octanol–water partition coefficient (Wildman–Crippen LogP) is 6.77. The van der Waals surface area contributed by atoms with E-state index in [4.69, 9.17) is 4.74 Å². The summed E-state index contributed by atoms with van der Waals surface area (Å²) in [6.07, 6.45) is 4.84. The highest BCUT2D eigenvalue weighted by molar-refractivity contribution is 6.01. The number of benzene rings is 3. The predicted molar refractivity (Wildman–Crippen MR) is 158 cm³/mol. The van der Waals surface area contributed by atoms with Gasteiger partial charge >= 0.3 is 5.97 Å². The number of hydrogen-bond donors (Lipinski definition) is 1. The number of rotatable bonds is 12. The Bertz CT molecular complexity index is 1260. The largest absolute Gasteiger partial charge is 0.466 e. The Balaban J connectivity index is 1.28. The van der Waals surface area contributed by atoms with E-state index in [0.29, 0.717) is 24.2 Å². The molecule has 0 bridgehead atoms. The van der Waals surface area contributed by atoms with Crippen molar-refractivity contribution in [2.24, 2.45) is 0 Å². The lowest BCUT2D eigenvalue weighted by Gasteiger charge is -2.34. The molecule has 1 unspecified atom stereocenters. The third-order valence-electron chi connectivity index (χ3n) is 7.91. The summed E-state index contributed by atoms with van der Waals surface area (Å²) < 4.78 is 19.2. The minimum Gasteiger partial charge on any atom is -0.466 e. The molecule has 0 saturated carbocycles. The summed E-state index contributed by atoms with van der Waals surface area (Å²) in [5.74, 6) is -0.573. The maximum atomic E-state index is 13.8. The van der Waals surface area contributed by atoms with E-state index in [1.807, 2.05) is 49.4 Å². The molecule has 0 spiro atoms. The van der Waals surface area contributed by atoms with Crippen molar-refractivity contribution in [2.75, 3.05) is 26.2 Å². The minimum atomic E-state index is -0.319. The van der Waals surface area contributed by atoms with Crippen LogP contribution in [0.4, 0.5) is 4.39 Å². The normalized spacial score (nSPS) is 15.8. The first kappa shape index (κ1) is 29.5. The zero-order valence-electron chi connectivity index (χ0n) is 23.7. The van der Waals surface area contributed by atoms with Crippen LogP contribution >= 0.6 is 0 Å². The molecule has 5 nitrogen and oxygen atoms in total. The lowest BCUT2D eigenvalue weighted by molar-refractivity contribution is -0.145.